The molecule has 0 aromatic heterocycles. The standard InChI is InChI=1S/C16H16FNO2/c1-11(18-19)15-9-8-14(17)10-16(15)20-12(2)13-6-4-3-5-7-13/h3-10,12,19H,1-2H3. The number of ether oxygens (including phenoxy) is 1. The van der Waals surface area contributed by atoms with Gasteiger partial charge in [-0.2, -0.15) is 0 Å². The lowest BCUT2D eigenvalue weighted by Crippen LogP contribution is -2.07. The summed E-state index contributed by atoms with van der Waals surface area (Å²) in [6, 6.07) is 13.8. The molecule has 1 N–H and O–H groups in total. The number of hydrogen-bond acceptors (Lipinski definition) is 3. The van der Waals surface area contributed by atoms with Gasteiger partial charge in [0.25, 0.3) is 0 Å². The van der Waals surface area contributed by atoms with Crippen LogP contribution in [-0.4, -0.2) is 10.9 Å². The van der Waals surface area contributed by atoms with E-state index in [1.807, 2.05) is 37.3 Å². The lowest BCUT2D eigenvalue weighted by molar-refractivity contribution is 0.225. The van der Waals surface area contributed by atoms with Crippen molar-refractivity contribution in [3.05, 3.63) is 65.5 Å². The molecule has 0 aliphatic rings. The quantitative estimate of drug-likeness (QED) is 0.516. The lowest BCUT2D eigenvalue weighted by atomic mass is 10.1. The van der Waals surface area contributed by atoms with Crippen LogP contribution >= 0.6 is 0 Å². The fourth-order valence-electron chi connectivity index (χ4n) is 1.93. The Kier molecular flexibility index (Phi) is 4.35. The molecule has 0 bridgehead atoms. The maximum atomic E-state index is 13.4. The van der Waals surface area contributed by atoms with Gasteiger partial charge in [0, 0.05) is 11.6 Å². The van der Waals surface area contributed by atoms with E-state index >= 15 is 0 Å². The first-order valence-electron chi connectivity index (χ1n) is 6.32. The minimum absolute atomic E-state index is 0.233. The molecule has 0 saturated carbocycles. The molecule has 1 unspecified atom stereocenters. The number of nitrogens with zero attached hydrogens (tertiary/aromatic N) is 1. The van der Waals surface area contributed by atoms with Gasteiger partial charge in [0.1, 0.15) is 17.7 Å². The van der Waals surface area contributed by atoms with E-state index < -0.39 is 5.82 Å². The number of benzene rings is 2. The molecule has 2 rings (SSSR count). The topological polar surface area (TPSA) is 41.8 Å². The van der Waals surface area contributed by atoms with Gasteiger partial charge in [-0.05, 0) is 31.5 Å². The molecule has 0 spiro atoms. The molecule has 1 atom stereocenters. The third-order valence-corrected chi connectivity index (χ3v) is 3.06. The minimum atomic E-state index is -0.394. The van der Waals surface area contributed by atoms with Gasteiger partial charge in [0.2, 0.25) is 0 Å². The Labute approximate surface area is 117 Å². The van der Waals surface area contributed by atoms with Crippen LogP contribution in [0.5, 0.6) is 5.75 Å². The van der Waals surface area contributed by atoms with Gasteiger partial charge in [0.15, 0.2) is 0 Å². The van der Waals surface area contributed by atoms with Crippen LogP contribution in [0, 0.1) is 5.82 Å². The summed E-state index contributed by atoms with van der Waals surface area (Å²) in [7, 11) is 0. The second-order valence-electron chi connectivity index (χ2n) is 4.50. The minimum Gasteiger partial charge on any atom is -0.485 e. The van der Waals surface area contributed by atoms with Crippen molar-refractivity contribution < 1.29 is 14.3 Å². The molecule has 2 aromatic rings. The summed E-state index contributed by atoms with van der Waals surface area (Å²) >= 11 is 0. The van der Waals surface area contributed by atoms with Crippen LogP contribution in [0.3, 0.4) is 0 Å². The zero-order chi connectivity index (χ0) is 14.5. The molecule has 0 saturated heterocycles. The second kappa shape index (κ2) is 6.19. The zero-order valence-electron chi connectivity index (χ0n) is 11.4. The van der Waals surface area contributed by atoms with Crippen molar-refractivity contribution in [1.82, 2.24) is 0 Å². The fourth-order valence-corrected chi connectivity index (χ4v) is 1.93. The molecule has 0 amide bonds. The smallest absolute Gasteiger partial charge is 0.132 e. The summed E-state index contributed by atoms with van der Waals surface area (Å²) < 4.78 is 19.2. The largest absolute Gasteiger partial charge is 0.485 e. The van der Waals surface area contributed by atoms with Crippen LogP contribution < -0.4 is 4.74 Å². The lowest BCUT2D eigenvalue weighted by Gasteiger charge is -2.17. The Morgan fingerprint density at radius 1 is 1.20 bits per heavy atom. The SMILES string of the molecule is CC(=NO)c1ccc(F)cc1OC(C)c1ccccc1. The number of halogens is 1. The number of rotatable bonds is 4. The predicted molar refractivity (Wildman–Crippen MR) is 75.9 cm³/mol. The monoisotopic (exact) mass is 273 g/mol. The van der Waals surface area contributed by atoms with Crippen molar-refractivity contribution in [2.45, 2.75) is 20.0 Å². The molecule has 0 fully saturated rings. The van der Waals surface area contributed by atoms with E-state index in [2.05, 4.69) is 5.16 Å². The van der Waals surface area contributed by atoms with Gasteiger partial charge in [-0.1, -0.05) is 35.5 Å². The van der Waals surface area contributed by atoms with Crippen LogP contribution in [0.2, 0.25) is 0 Å². The van der Waals surface area contributed by atoms with Crippen molar-refractivity contribution >= 4 is 5.71 Å². The van der Waals surface area contributed by atoms with Gasteiger partial charge >= 0.3 is 0 Å². The number of oxime groups is 1. The highest BCUT2D eigenvalue weighted by Gasteiger charge is 2.13. The van der Waals surface area contributed by atoms with E-state index in [0.717, 1.165) is 5.56 Å². The third kappa shape index (κ3) is 3.15. The molecule has 2 aromatic carbocycles. The Morgan fingerprint density at radius 2 is 1.90 bits per heavy atom. The van der Waals surface area contributed by atoms with Gasteiger partial charge in [-0.3, -0.25) is 0 Å². The molecule has 0 heterocycles. The summed E-state index contributed by atoms with van der Waals surface area (Å²) in [5, 5.41) is 12.0. The van der Waals surface area contributed by atoms with E-state index in [0.29, 0.717) is 17.0 Å². The molecule has 4 heteroatoms. The zero-order valence-corrected chi connectivity index (χ0v) is 11.4. The average molecular weight is 273 g/mol. The first-order valence-corrected chi connectivity index (χ1v) is 6.32. The van der Waals surface area contributed by atoms with E-state index in [1.165, 1.54) is 18.2 Å². The van der Waals surface area contributed by atoms with Crippen LogP contribution in [0.25, 0.3) is 0 Å². The molecule has 104 valence electrons. The molecular weight excluding hydrogens is 257 g/mol. The number of hydrogen-bond donors (Lipinski definition) is 1. The summed E-state index contributed by atoms with van der Waals surface area (Å²) in [5.74, 6) is -0.0357. The highest BCUT2D eigenvalue weighted by molar-refractivity contribution is 6.00. The Morgan fingerprint density at radius 3 is 2.55 bits per heavy atom. The van der Waals surface area contributed by atoms with Gasteiger partial charge in [-0.25, -0.2) is 4.39 Å². The third-order valence-electron chi connectivity index (χ3n) is 3.06. The summed E-state index contributed by atoms with van der Waals surface area (Å²) in [4.78, 5) is 0. The van der Waals surface area contributed by atoms with E-state index in [9.17, 15) is 4.39 Å². The van der Waals surface area contributed by atoms with Gasteiger partial charge in [0.05, 0.1) is 5.71 Å². The summed E-state index contributed by atoms with van der Waals surface area (Å²) in [5.41, 5.74) is 1.93. The molecule has 3 nitrogen and oxygen atoms in total. The first kappa shape index (κ1) is 14.1. The van der Waals surface area contributed by atoms with Crippen molar-refractivity contribution in [2.24, 2.45) is 5.16 Å². The molecule has 0 radical (unpaired) electrons. The molecular formula is C16H16FNO2. The van der Waals surface area contributed by atoms with Gasteiger partial charge in [-0.15, -0.1) is 0 Å². The maximum Gasteiger partial charge on any atom is 0.132 e. The Balaban J connectivity index is 2.31. The first-order chi connectivity index (χ1) is 9.61. The van der Waals surface area contributed by atoms with E-state index in [1.54, 1.807) is 6.92 Å². The van der Waals surface area contributed by atoms with Crippen molar-refractivity contribution in [1.29, 1.82) is 0 Å². The molecule has 0 aliphatic carbocycles. The molecule has 0 aliphatic heterocycles. The van der Waals surface area contributed by atoms with Crippen LogP contribution in [0.4, 0.5) is 4.39 Å². The van der Waals surface area contributed by atoms with Crippen LogP contribution in [0.15, 0.2) is 53.7 Å². The van der Waals surface area contributed by atoms with Crippen LogP contribution in [-0.2, 0) is 0 Å². The van der Waals surface area contributed by atoms with E-state index in [-0.39, 0.29) is 6.10 Å². The second-order valence-corrected chi connectivity index (χ2v) is 4.50. The Hall–Kier alpha value is -2.36. The maximum absolute atomic E-state index is 13.4. The van der Waals surface area contributed by atoms with Crippen LogP contribution in [0.1, 0.15) is 31.1 Å². The Bertz CT molecular complexity index is 611. The van der Waals surface area contributed by atoms with E-state index in [4.69, 9.17) is 9.94 Å². The fraction of sp³-hybridized carbons (Fsp3) is 0.188. The van der Waals surface area contributed by atoms with Crippen molar-refractivity contribution in [3.63, 3.8) is 0 Å². The summed E-state index contributed by atoms with van der Waals surface area (Å²) in [6.45, 7) is 3.52. The average Bonchev–Trinajstić information content (AvgIpc) is 2.47. The normalized spacial score (nSPS) is 13.1. The highest BCUT2D eigenvalue weighted by atomic mass is 19.1. The van der Waals surface area contributed by atoms with Gasteiger partial charge < -0.3 is 9.94 Å². The van der Waals surface area contributed by atoms with Crippen molar-refractivity contribution in [3.8, 4) is 5.75 Å². The van der Waals surface area contributed by atoms with Crippen molar-refractivity contribution in [2.75, 3.05) is 0 Å². The summed E-state index contributed by atoms with van der Waals surface area (Å²) in [6.07, 6.45) is -0.233. The predicted octanol–water partition coefficient (Wildman–Crippen LogP) is 4.16. The molecule has 20 heavy (non-hydrogen) atoms. The highest BCUT2D eigenvalue weighted by Crippen LogP contribution is 2.26.